The lowest BCUT2D eigenvalue weighted by atomic mass is 10.2. The molecular weight excluding hydrogens is 178 g/mol. The third-order valence-electron chi connectivity index (χ3n) is 3.01. The zero-order valence-corrected chi connectivity index (χ0v) is 8.36. The van der Waals surface area contributed by atoms with E-state index < -0.39 is 5.97 Å². The molecule has 0 spiro atoms. The number of carboxylic acid groups (broad SMARTS) is 1. The van der Waals surface area contributed by atoms with Gasteiger partial charge >= 0.3 is 5.97 Å². The Kier molecular flexibility index (Phi) is 2.32. The van der Waals surface area contributed by atoms with Crippen LogP contribution in [-0.2, 0) is 0 Å². The second-order valence-electron chi connectivity index (χ2n) is 4.02. The van der Waals surface area contributed by atoms with Crippen LogP contribution < -0.4 is 0 Å². The van der Waals surface area contributed by atoms with Gasteiger partial charge in [0.1, 0.15) is 0 Å². The van der Waals surface area contributed by atoms with Crippen molar-refractivity contribution in [3.8, 4) is 0 Å². The molecule has 1 saturated carbocycles. The standard InChI is InChI=1S/C11H15NO2/c1-8-6-9(11(13)14)7-12(8)10-4-2-3-5-10/h6-7,10H,2-5H2,1H3,(H,13,14). The molecule has 1 heterocycles. The van der Waals surface area contributed by atoms with Gasteiger partial charge in [-0.25, -0.2) is 4.79 Å². The van der Waals surface area contributed by atoms with Gasteiger partial charge in [-0.2, -0.15) is 0 Å². The summed E-state index contributed by atoms with van der Waals surface area (Å²) in [6.45, 7) is 1.98. The van der Waals surface area contributed by atoms with E-state index in [4.69, 9.17) is 5.11 Å². The summed E-state index contributed by atoms with van der Waals surface area (Å²) in [5.74, 6) is -0.829. The van der Waals surface area contributed by atoms with Gasteiger partial charge in [-0.15, -0.1) is 0 Å². The fraction of sp³-hybridized carbons (Fsp3) is 0.545. The van der Waals surface area contributed by atoms with Crippen molar-refractivity contribution in [1.29, 1.82) is 0 Å². The number of nitrogens with zero attached hydrogens (tertiary/aromatic N) is 1. The third kappa shape index (κ3) is 1.54. The van der Waals surface area contributed by atoms with Gasteiger partial charge in [-0.1, -0.05) is 12.8 Å². The summed E-state index contributed by atoms with van der Waals surface area (Å²) in [6, 6.07) is 2.28. The first-order valence-corrected chi connectivity index (χ1v) is 5.10. The monoisotopic (exact) mass is 193 g/mol. The molecule has 0 saturated heterocycles. The molecule has 0 unspecified atom stereocenters. The van der Waals surface area contributed by atoms with Crippen LogP contribution in [0.5, 0.6) is 0 Å². The highest BCUT2D eigenvalue weighted by Crippen LogP contribution is 2.31. The molecule has 1 aliphatic rings. The van der Waals surface area contributed by atoms with Crippen LogP contribution in [0.1, 0.15) is 47.8 Å². The van der Waals surface area contributed by atoms with Crippen molar-refractivity contribution >= 4 is 5.97 Å². The number of carbonyl (C=O) groups is 1. The Balaban J connectivity index is 2.28. The minimum absolute atomic E-state index is 0.411. The van der Waals surface area contributed by atoms with Crippen LogP contribution in [0.25, 0.3) is 0 Å². The van der Waals surface area contributed by atoms with Gasteiger partial charge in [0, 0.05) is 17.9 Å². The van der Waals surface area contributed by atoms with E-state index in [9.17, 15) is 4.79 Å². The third-order valence-corrected chi connectivity index (χ3v) is 3.01. The number of rotatable bonds is 2. The molecule has 0 atom stereocenters. The summed E-state index contributed by atoms with van der Waals surface area (Å²) in [4.78, 5) is 10.8. The van der Waals surface area contributed by atoms with E-state index in [0.717, 1.165) is 5.69 Å². The topological polar surface area (TPSA) is 42.2 Å². The number of hydrogen-bond donors (Lipinski definition) is 1. The number of aromatic carboxylic acids is 1. The number of carboxylic acids is 1. The molecule has 1 N–H and O–H groups in total. The van der Waals surface area contributed by atoms with Crippen LogP contribution in [0.4, 0.5) is 0 Å². The first-order valence-electron chi connectivity index (χ1n) is 5.10. The van der Waals surface area contributed by atoms with E-state index in [0.29, 0.717) is 11.6 Å². The molecule has 0 bridgehead atoms. The highest BCUT2D eigenvalue weighted by atomic mass is 16.4. The molecule has 1 fully saturated rings. The van der Waals surface area contributed by atoms with Gasteiger partial charge in [-0.05, 0) is 25.8 Å². The van der Waals surface area contributed by atoms with E-state index in [2.05, 4.69) is 4.57 Å². The second-order valence-corrected chi connectivity index (χ2v) is 4.02. The summed E-state index contributed by atoms with van der Waals surface area (Å²) in [5, 5.41) is 8.85. The summed E-state index contributed by atoms with van der Waals surface area (Å²) >= 11 is 0. The van der Waals surface area contributed by atoms with Crippen LogP contribution in [-0.4, -0.2) is 15.6 Å². The maximum atomic E-state index is 10.8. The zero-order valence-electron chi connectivity index (χ0n) is 8.36. The van der Waals surface area contributed by atoms with E-state index in [-0.39, 0.29) is 0 Å². The van der Waals surface area contributed by atoms with Crippen molar-refractivity contribution in [3.05, 3.63) is 23.5 Å². The van der Waals surface area contributed by atoms with Crippen LogP contribution in [0.3, 0.4) is 0 Å². The normalized spacial score (nSPS) is 17.5. The summed E-state index contributed by atoms with van der Waals surface area (Å²) in [6.07, 6.45) is 6.69. The van der Waals surface area contributed by atoms with Crippen LogP contribution in [0.15, 0.2) is 12.3 Å². The van der Waals surface area contributed by atoms with Gasteiger partial charge in [0.25, 0.3) is 0 Å². The lowest BCUT2D eigenvalue weighted by Crippen LogP contribution is -2.04. The Morgan fingerprint density at radius 3 is 2.64 bits per heavy atom. The van der Waals surface area contributed by atoms with Crippen LogP contribution >= 0.6 is 0 Å². The quantitative estimate of drug-likeness (QED) is 0.784. The van der Waals surface area contributed by atoms with E-state index in [1.165, 1.54) is 25.7 Å². The fourth-order valence-electron chi connectivity index (χ4n) is 2.28. The average molecular weight is 193 g/mol. The van der Waals surface area contributed by atoms with Gasteiger partial charge in [0.2, 0.25) is 0 Å². The van der Waals surface area contributed by atoms with Crippen molar-refractivity contribution in [3.63, 3.8) is 0 Å². The molecular formula is C11H15NO2. The lowest BCUT2D eigenvalue weighted by molar-refractivity contribution is 0.0697. The number of hydrogen-bond acceptors (Lipinski definition) is 1. The lowest BCUT2D eigenvalue weighted by Gasteiger charge is -2.13. The molecule has 1 aliphatic carbocycles. The zero-order chi connectivity index (χ0) is 10.1. The first-order chi connectivity index (χ1) is 6.68. The van der Waals surface area contributed by atoms with Gasteiger partial charge in [0.15, 0.2) is 0 Å². The van der Waals surface area contributed by atoms with Gasteiger partial charge in [-0.3, -0.25) is 0 Å². The Labute approximate surface area is 83.4 Å². The van der Waals surface area contributed by atoms with Gasteiger partial charge in [0.05, 0.1) is 5.56 Å². The van der Waals surface area contributed by atoms with Crippen molar-refractivity contribution < 1.29 is 9.90 Å². The highest BCUT2D eigenvalue weighted by Gasteiger charge is 2.19. The molecule has 0 radical (unpaired) electrons. The molecule has 14 heavy (non-hydrogen) atoms. The van der Waals surface area contributed by atoms with Crippen LogP contribution in [0.2, 0.25) is 0 Å². The molecule has 3 nitrogen and oxygen atoms in total. The molecule has 3 heteroatoms. The van der Waals surface area contributed by atoms with E-state index in [1.54, 1.807) is 12.3 Å². The molecule has 1 aromatic rings. The van der Waals surface area contributed by atoms with Crippen molar-refractivity contribution in [1.82, 2.24) is 4.57 Å². The van der Waals surface area contributed by atoms with E-state index >= 15 is 0 Å². The minimum atomic E-state index is -0.829. The van der Waals surface area contributed by atoms with E-state index in [1.807, 2.05) is 6.92 Å². The largest absolute Gasteiger partial charge is 0.478 e. The summed E-state index contributed by atoms with van der Waals surface area (Å²) in [5.41, 5.74) is 1.48. The van der Waals surface area contributed by atoms with Gasteiger partial charge < -0.3 is 9.67 Å². The minimum Gasteiger partial charge on any atom is -0.478 e. The maximum absolute atomic E-state index is 10.8. The molecule has 0 aromatic carbocycles. The van der Waals surface area contributed by atoms with Crippen molar-refractivity contribution in [2.75, 3.05) is 0 Å². The molecule has 0 aliphatic heterocycles. The van der Waals surface area contributed by atoms with Crippen LogP contribution in [0, 0.1) is 6.92 Å². The number of aryl methyl sites for hydroxylation is 1. The molecule has 0 amide bonds. The van der Waals surface area contributed by atoms with Crippen molar-refractivity contribution in [2.45, 2.75) is 38.6 Å². The first kappa shape index (κ1) is 9.31. The smallest absolute Gasteiger partial charge is 0.337 e. The Morgan fingerprint density at radius 1 is 1.50 bits per heavy atom. The molecule has 76 valence electrons. The predicted molar refractivity (Wildman–Crippen MR) is 53.6 cm³/mol. The molecule has 1 aromatic heterocycles. The Hall–Kier alpha value is -1.25. The number of aromatic nitrogens is 1. The highest BCUT2D eigenvalue weighted by molar-refractivity contribution is 5.87. The summed E-state index contributed by atoms with van der Waals surface area (Å²) in [7, 11) is 0. The molecule has 2 rings (SSSR count). The van der Waals surface area contributed by atoms with Crippen molar-refractivity contribution in [2.24, 2.45) is 0 Å². The Bertz CT molecular complexity index is 348. The predicted octanol–water partition coefficient (Wildman–Crippen LogP) is 2.61. The Morgan fingerprint density at radius 2 is 2.14 bits per heavy atom. The SMILES string of the molecule is Cc1cc(C(=O)O)cn1C1CCCC1. The summed E-state index contributed by atoms with van der Waals surface area (Å²) < 4.78 is 2.12. The second kappa shape index (κ2) is 3.48. The maximum Gasteiger partial charge on any atom is 0.337 e. The fourth-order valence-corrected chi connectivity index (χ4v) is 2.28. The average Bonchev–Trinajstić information content (AvgIpc) is 2.71.